The molecule has 4 heteroatoms. The molecule has 17 heavy (non-hydrogen) atoms. The lowest BCUT2D eigenvalue weighted by atomic mass is 10.1. The van der Waals surface area contributed by atoms with Crippen molar-refractivity contribution in [3.63, 3.8) is 0 Å². The summed E-state index contributed by atoms with van der Waals surface area (Å²) in [6, 6.07) is 3.54. The maximum atomic E-state index is 11.4. The molecule has 3 nitrogen and oxygen atoms in total. The number of thiophene rings is 1. The van der Waals surface area contributed by atoms with Crippen LogP contribution in [0.1, 0.15) is 60.2 Å². The molecule has 96 valence electrons. The molecule has 0 aliphatic heterocycles. The second-order valence-corrected chi connectivity index (χ2v) is 5.05. The minimum absolute atomic E-state index is 0.301. The van der Waals surface area contributed by atoms with Crippen molar-refractivity contribution in [2.24, 2.45) is 0 Å². The van der Waals surface area contributed by atoms with Crippen LogP contribution in [0.4, 0.5) is 0 Å². The number of hydrogen-bond donors (Lipinski definition) is 1. The van der Waals surface area contributed by atoms with E-state index in [1.54, 1.807) is 13.0 Å². The molecule has 0 unspecified atom stereocenters. The molecule has 0 amide bonds. The summed E-state index contributed by atoms with van der Waals surface area (Å²) in [5, 5.41) is 9.93. The molecular weight excluding hydrogens is 236 g/mol. The smallest absolute Gasteiger partial charge is 0.348 e. The SMILES string of the molecule is CCCCC[C@@H](O)c1ccc(C(=O)OCC)s1. The topological polar surface area (TPSA) is 46.5 Å². The van der Waals surface area contributed by atoms with Gasteiger partial charge in [0.2, 0.25) is 0 Å². The predicted molar refractivity (Wildman–Crippen MR) is 69.4 cm³/mol. The van der Waals surface area contributed by atoms with Crippen LogP contribution in [0.2, 0.25) is 0 Å². The van der Waals surface area contributed by atoms with Gasteiger partial charge in [-0.05, 0) is 25.5 Å². The van der Waals surface area contributed by atoms with E-state index in [0.717, 1.165) is 30.6 Å². The van der Waals surface area contributed by atoms with E-state index in [1.165, 1.54) is 11.3 Å². The van der Waals surface area contributed by atoms with Crippen molar-refractivity contribution in [3.8, 4) is 0 Å². The van der Waals surface area contributed by atoms with Crippen LogP contribution < -0.4 is 0 Å². The first-order valence-corrected chi connectivity index (χ1v) is 6.95. The van der Waals surface area contributed by atoms with Crippen LogP contribution in [-0.4, -0.2) is 17.7 Å². The van der Waals surface area contributed by atoms with E-state index in [1.807, 2.05) is 6.07 Å². The van der Waals surface area contributed by atoms with Crippen LogP contribution in [0.5, 0.6) is 0 Å². The summed E-state index contributed by atoms with van der Waals surface area (Å²) in [6.45, 7) is 4.30. The van der Waals surface area contributed by atoms with Gasteiger partial charge in [-0.2, -0.15) is 0 Å². The van der Waals surface area contributed by atoms with Gasteiger partial charge in [-0.3, -0.25) is 0 Å². The third kappa shape index (κ3) is 4.48. The van der Waals surface area contributed by atoms with Crippen LogP contribution in [0.3, 0.4) is 0 Å². The van der Waals surface area contributed by atoms with E-state index in [4.69, 9.17) is 4.74 Å². The molecule has 0 saturated heterocycles. The van der Waals surface area contributed by atoms with Crippen molar-refractivity contribution in [2.75, 3.05) is 6.61 Å². The fourth-order valence-corrected chi connectivity index (χ4v) is 2.50. The number of aliphatic hydroxyl groups is 1. The van der Waals surface area contributed by atoms with Gasteiger partial charge in [0, 0.05) is 4.88 Å². The van der Waals surface area contributed by atoms with Gasteiger partial charge in [-0.25, -0.2) is 4.79 Å². The van der Waals surface area contributed by atoms with Crippen molar-refractivity contribution in [2.45, 2.75) is 45.6 Å². The Morgan fingerprint density at radius 2 is 2.18 bits per heavy atom. The van der Waals surface area contributed by atoms with Crippen molar-refractivity contribution < 1.29 is 14.6 Å². The van der Waals surface area contributed by atoms with E-state index in [2.05, 4.69) is 6.92 Å². The Bertz CT molecular complexity index is 346. The van der Waals surface area contributed by atoms with E-state index in [0.29, 0.717) is 11.5 Å². The Morgan fingerprint density at radius 3 is 2.82 bits per heavy atom. The minimum atomic E-state index is -0.449. The molecule has 1 atom stereocenters. The Kier molecular flexibility index (Phi) is 6.22. The summed E-state index contributed by atoms with van der Waals surface area (Å²) < 4.78 is 4.91. The number of rotatable bonds is 7. The Hall–Kier alpha value is -0.870. The normalized spacial score (nSPS) is 12.4. The zero-order valence-electron chi connectivity index (χ0n) is 10.4. The molecule has 1 rings (SSSR count). The predicted octanol–water partition coefficient (Wildman–Crippen LogP) is 3.54. The summed E-state index contributed by atoms with van der Waals surface area (Å²) in [7, 11) is 0. The number of carbonyl (C=O) groups is 1. The Balaban J connectivity index is 2.51. The van der Waals surface area contributed by atoms with E-state index >= 15 is 0 Å². The molecule has 1 heterocycles. The first-order chi connectivity index (χ1) is 8.19. The van der Waals surface area contributed by atoms with Gasteiger partial charge in [-0.15, -0.1) is 11.3 Å². The first kappa shape index (κ1) is 14.2. The molecule has 0 fully saturated rings. The van der Waals surface area contributed by atoms with E-state index in [-0.39, 0.29) is 5.97 Å². The largest absolute Gasteiger partial charge is 0.462 e. The maximum absolute atomic E-state index is 11.4. The summed E-state index contributed by atoms with van der Waals surface area (Å²) in [6.07, 6.45) is 3.61. The lowest BCUT2D eigenvalue weighted by Gasteiger charge is -2.07. The molecule has 1 N–H and O–H groups in total. The van der Waals surface area contributed by atoms with Crippen molar-refractivity contribution in [3.05, 3.63) is 21.9 Å². The zero-order valence-corrected chi connectivity index (χ0v) is 11.3. The van der Waals surface area contributed by atoms with Gasteiger partial charge in [0.15, 0.2) is 0 Å². The monoisotopic (exact) mass is 256 g/mol. The van der Waals surface area contributed by atoms with Crippen LogP contribution in [-0.2, 0) is 4.74 Å². The number of carbonyl (C=O) groups excluding carboxylic acids is 1. The number of aliphatic hydroxyl groups excluding tert-OH is 1. The average molecular weight is 256 g/mol. The third-order valence-corrected chi connectivity index (χ3v) is 3.68. The highest BCUT2D eigenvalue weighted by molar-refractivity contribution is 7.14. The Morgan fingerprint density at radius 1 is 1.41 bits per heavy atom. The molecule has 0 spiro atoms. The fraction of sp³-hybridized carbons (Fsp3) is 0.615. The van der Waals surface area contributed by atoms with E-state index < -0.39 is 6.10 Å². The molecule has 0 radical (unpaired) electrons. The van der Waals surface area contributed by atoms with Crippen LogP contribution in [0.25, 0.3) is 0 Å². The molecular formula is C13H20O3S. The van der Waals surface area contributed by atoms with Crippen molar-refractivity contribution in [1.82, 2.24) is 0 Å². The average Bonchev–Trinajstić information content (AvgIpc) is 2.79. The van der Waals surface area contributed by atoms with Crippen LogP contribution in [0.15, 0.2) is 12.1 Å². The van der Waals surface area contributed by atoms with Crippen LogP contribution >= 0.6 is 11.3 Å². The molecule has 0 aliphatic carbocycles. The van der Waals surface area contributed by atoms with Gasteiger partial charge in [0.05, 0.1) is 12.7 Å². The third-order valence-electron chi connectivity index (χ3n) is 2.51. The van der Waals surface area contributed by atoms with Gasteiger partial charge < -0.3 is 9.84 Å². The highest BCUT2D eigenvalue weighted by Gasteiger charge is 2.14. The van der Waals surface area contributed by atoms with Crippen molar-refractivity contribution >= 4 is 17.3 Å². The Labute approximate surface area is 106 Å². The second-order valence-electron chi connectivity index (χ2n) is 3.93. The van der Waals surface area contributed by atoms with Gasteiger partial charge in [-0.1, -0.05) is 26.2 Å². The molecule has 0 aliphatic rings. The number of hydrogen-bond acceptors (Lipinski definition) is 4. The number of unbranched alkanes of at least 4 members (excludes halogenated alkanes) is 2. The highest BCUT2D eigenvalue weighted by atomic mass is 32.1. The molecule has 1 aromatic heterocycles. The van der Waals surface area contributed by atoms with Gasteiger partial charge in [0.25, 0.3) is 0 Å². The highest BCUT2D eigenvalue weighted by Crippen LogP contribution is 2.27. The van der Waals surface area contributed by atoms with Gasteiger partial charge >= 0.3 is 5.97 Å². The van der Waals surface area contributed by atoms with Crippen molar-refractivity contribution in [1.29, 1.82) is 0 Å². The lowest BCUT2D eigenvalue weighted by Crippen LogP contribution is -2.01. The van der Waals surface area contributed by atoms with Gasteiger partial charge in [0.1, 0.15) is 4.88 Å². The first-order valence-electron chi connectivity index (χ1n) is 6.14. The number of esters is 1. The quantitative estimate of drug-likeness (QED) is 0.599. The standard InChI is InChI=1S/C13H20O3S/c1-3-5-6-7-10(14)11-8-9-12(17-11)13(15)16-4-2/h8-10,14H,3-7H2,1-2H3/t10-/m1/s1. The molecule has 1 aromatic rings. The van der Waals surface area contributed by atoms with E-state index in [9.17, 15) is 9.90 Å². The number of ether oxygens (including phenoxy) is 1. The summed E-state index contributed by atoms with van der Waals surface area (Å²) in [5.41, 5.74) is 0. The summed E-state index contributed by atoms with van der Waals surface area (Å²) >= 11 is 1.32. The molecule has 0 bridgehead atoms. The minimum Gasteiger partial charge on any atom is -0.462 e. The molecule has 0 aromatic carbocycles. The summed E-state index contributed by atoms with van der Waals surface area (Å²) in [5.74, 6) is -0.301. The maximum Gasteiger partial charge on any atom is 0.348 e. The molecule has 0 saturated carbocycles. The zero-order chi connectivity index (χ0) is 12.7. The second kappa shape index (κ2) is 7.45. The lowest BCUT2D eigenvalue weighted by molar-refractivity contribution is 0.0532. The van der Waals surface area contributed by atoms with Crippen LogP contribution in [0, 0.1) is 0 Å². The summed E-state index contributed by atoms with van der Waals surface area (Å²) in [4.78, 5) is 12.9. The fourth-order valence-electron chi connectivity index (χ4n) is 1.57.